The lowest BCUT2D eigenvalue weighted by Crippen LogP contribution is -2.18. The van der Waals surface area contributed by atoms with Crippen molar-refractivity contribution in [3.63, 3.8) is 0 Å². The zero-order valence-corrected chi connectivity index (χ0v) is 15.9. The van der Waals surface area contributed by atoms with Gasteiger partial charge in [0.05, 0.1) is 7.11 Å². The van der Waals surface area contributed by atoms with Crippen LogP contribution < -0.4 is 20.1 Å². The van der Waals surface area contributed by atoms with E-state index in [0.717, 1.165) is 11.1 Å². The van der Waals surface area contributed by atoms with Gasteiger partial charge in [-0.05, 0) is 54.5 Å². The van der Waals surface area contributed by atoms with Gasteiger partial charge < -0.3 is 20.1 Å². The fourth-order valence-electron chi connectivity index (χ4n) is 2.45. The second-order valence-corrected chi connectivity index (χ2v) is 5.79. The monoisotopic (exact) mass is 379 g/mol. The molecule has 2 N–H and O–H groups in total. The zero-order valence-electron chi connectivity index (χ0n) is 15.9. The van der Waals surface area contributed by atoms with E-state index in [1.54, 1.807) is 49.5 Å². The third-order valence-electron chi connectivity index (χ3n) is 3.88. The molecule has 0 aliphatic heterocycles. The van der Waals surface area contributed by atoms with Gasteiger partial charge in [-0.15, -0.1) is 0 Å². The number of amides is 2. The minimum absolute atomic E-state index is 0.0774. The molecular weight excluding hydrogens is 358 g/mol. The molecule has 0 spiro atoms. The number of ether oxygens (including phenoxy) is 2. The van der Waals surface area contributed by atoms with Crippen LogP contribution in [-0.4, -0.2) is 32.6 Å². The SMILES string of the molecule is CNC(=O)c1ccc(NC(=O)/C=C/c2ccc(OCC#N)c(OC)c2)c(C)c1. The van der Waals surface area contributed by atoms with Crippen molar-refractivity contribution in [3.05, 3.63) is 59.2 Å². The number of aryl methyl sites for hydroxylation is 1. The lowest BCUT2D eigenvalue weighted by Gasteiger charge is -2.09. The van der Waals surface area contributed by atoms with Gasteiger partial charge in [0, 0.05) is 24.4 Å². The molecule has 0 atom stereocenters. The van der Waals surface area contributed by atoms with Crippen LogP contribution >= 0.6 is 0 Å². The van der Waals surface area contributed by atoms with Crippen molar-refractivity contribution in [1.82, 2.24) is 5.32 Å². The Morgan fingerprint density at radius 1 is 1.18 bits per heavy atom. The zero-order chi connectivity index (χ0) is 20.5. The average Bonchev–Trinajstić information content (AvgIpc) is 2.71. The number of nitrogens with one attached hydrogen (secondary N) is 2. The van der Waals surface area contributed by atoms with Gasteiger partial charge in [0.1, 0.15) is 6.07 Å². The van der Waals surface area contributed by atoms with Gasteiger partial charge >= 0.3 is 0 Å². The van der Waals surface area contributed by atoms with Crippen molar-refractivity contribution in [1.29, 1.82) is 5.26 Å². The van der Waals surface area contributed by atoms with Crippen molar-refractivity contribution < 1.29 is 19.1 Å². The average molecular weight is 379 g/mol. The first kappa shape index (κ1) is 20.5. The van der Waals surface area contributed by atoms with E-state index < -0.39 is 0 Å². The maximum atomic E-state index is 12.2. The highest BCUT2D eigenvalue weighted by Gasteiger charge is 2.08. The largest absolute Gasteiger partial charge is 0.493 e. The van der Waals surface area contributed by atoms with Crippen molar-refractivity contribution in [2.45, 2.75) is 6.92 Å². The van der Waals surface area contributed by atoms with Crippen LogP contribution in [0, 0.1) is 18.3 Å². The number of carbonyl (C=O) groups excluding carboxylic acids is 2. The Bertz CT molecular complexity index is 945. The first-order valence-electron chi connectivity index (χ1n) is 8.48. The standard InChI is InChI=1S/C21H21N3O4/c1-14-12-16(21(26)23-2)6-7-17(14)24-20(25)9-5-15-4-8-18(28-11-10-22)19(13-15)27-3/h4-9,12-13H,11H2,1-3H3,(H,23,26)(H,24,25)/b9-5+. The molecule has 0 aliphatic rings. The van der Waals surface area contributed by atoms with Crippen molar-refractivity contribution in [3.8, 4) is 17.6 Å². The predicted molar refractivity (Wildman–Crippen MR) is 106 cm³/mol. The van der Waals surface area contributed by atoms with E-state index in [4.69, 9.17) is 14.7 Å². The summed E-state index contributed by atoms with van der Waals surface area (Å²) in [6, 6.07) is 12.1. The Morgan fingerprint density at radius 3 is 2.61 bits per heavy atom. The van der Waals surface area contributed by atoms with Gasteiger partial charge in [0.15, 0.2) is 18.1 Å². The normalized spacial score (nSPS) is 10.2. The second-order valence-electron chi connectivity index (χ2n) is 5.79. The quantitative estimate of drug-likeness (QED) is 0.721. The molecule has 2 amide bonds. The summed E-state index contributed by atoms with van der Waals surface area (Å²) >= 11 is 0. The van der Waals surface area contributed by atoms with Crippen LogP contribution in [0.15, 0.2) is 42.5 Å². The number of anilines is 1. The van der Waals surface area contributed by atoms with Gasteiger partial charge in [0.2, 0.25) is 5.91 Å². The second kappa shape index (κ2) is 9.78. The van der Waals surface area contributed by atoms with Crippen LogP contribution in [-0.2, 0) is 4.79 Å². The van der Waals surface area contributed by atoms with E-state index in [1.165, 1.54) is 13.2 Å². The first-order chi connectivity index (χ1) is 13.5. The summed E-state index contributed by atoms with van der Waals surface area (Å²) in [5, 5.41) is 13.9. The predicted octanol–water partition coefficient (Wildman–Crippen LogP) is 2.92. The van der Waals surface area contributed by atoms with E-state index >= 15 is 0 Å². The van der Waals surface area contributed by atoms with Gasteiger partial charge in [-0.1, -0.05) is 6.07 Å². The van der Waals surface area contributed by atoms with E-state index in [-0.39, 0.29) is 18.4 Å². The van der Waals surface area contributed by atoms with Crippen LogP contribution in [0.3, 0.4) is 0 Å². The molecule has 28 heavy (non-hydrogen) atoms. The molecule has 7 nitrogen and oxygen atoms in total. The number of carbonyl (C=O) groups is 2. The van der Waals surface area contributed by atoms with Gasteiger partial charge in [-0.2, -0.15) is 5.26 Å². The molecule has 0 saturated heterocycles. The maximum Gasteiger partial charge on any atom is 0.251 e. The summed E-state index contributed by atoms with van der Waals surface area (Å²) in [4.78, 5) is 23.9. The van der Waals surface area contributed by atoms with E-state index in [9.17, 15) is 9.59 Å². The number of rotatable bonds is 7. The molecule has 0 fully saturated rings. The van der Waals surface area contributed by atoms with Gasteiger partial charge in [0.25, 0.3) is 5.91 Å². The van der Waals surface area contributed by atoms with Crippen LogP contribution in [0.25, 0.3) is 6.08 Å². The molecule has 2 aromatic rings. The molecule has 0 aliphatic carbocycles. The highest BCUT2D eigenvalue weighted by molar-refractivity contribution is 6.03. The third-order valence-corrected chi connectivity index (χ3v) is 3.88. The summed E-state index contributed by atoms with van der Waals surface area (Å²) in [7, 11) is 3.06. The van der Waals surface area contributed by atoms with Crippen LogP contribution in [0.1, 0.15) is 21.5 Å². The molecule has 0 aromatic heterocycles. The summed E-state index contributed by atoms with van der Waals surface area (Å²) < 4.78 is 10.5. The Kier molecular flexibility index (Phi) is 7.17. The van der Waals surface area contributed by atoms with Crippen LogP contribution in [0.5, 0.6) is 11.5 Å². The Hall–Kier alpha value is -3.79. The topological polar surface area (TPSA) is 100 Å². The smallest absolute Gasteiger partial charge is 0.251 e. The lowest BCUT2D eigenvalue weighted by molar-refractivity contribution is -0.111. The molecule has 2 rings (SSSR count). The maximum absolute atomic E-state index is 12.2. The number of hydrogen-bond donors (Lipinski definition) is 2. The summed E-state index contributed by atoms with van der Waals surface area (Å²) in [6.07, 6.45) is 3.04. The van der Waals surface area contributed by atoms with Crippen molar-refractivity contribution in [2.24, 2.45) is 0 Å². The highest BCUT2D eigenvalue weighted by Crippen LogP contribution is 2.28. The number of benzene rings is 2. The first-order valence-corrected chi connectivity index (χ1v) is 8.48. The Morgan fingerprint density at radius 2 is 1.96 bits per heavy atom. The minimum Gasteiger partial charge on any atom is -0.493 e. The third kappa shape index (κ3) is 5.35. The number of hydrogen-bond acceptors (Lipinski definition) is 5. The number of methoxy groups -OCH3 is 1. The molecular formula is C21H21N3O4. The van der Waals surface area contributed by atoms with E-state index in [2.05, 4.69) is 10.6 Å². The lowest BCUT2D eigenvalue weighted by atomic mass is 10.1. The Labute approximate surface area is 163 Å². The van der Waals surface area contributed by atoms with Crippen LogP contribution in [0.4, 0.5) is 5.69 Å². The number of nitriles is 1. The molecule has 144 valence electrons. The van der Waals surface area contributed by atoms with Crippen molar-refractivity contribution >= 4 is 23.6 Å². The molecule has 0 heterocycles. The summed E-state index contributed by atoms with van der Waals surface area (Å²) in [5.74, 6) is 0.438. The molecule has 7 heteroatoms. The molecule has 2 aromatic carbocycles. The summed E-state index contributed by atoms with van der Waals surface area (Å²) in [6.45, 7) is 1.74. The fourth-order valence-corrected chi connectivity index (χ4v) is 2.45. The van der Waals surface area contributed by atoms with Crippen molar-refractivity contribution in [2.75, 3.05) is 26.1 Å². The molecule has 0 unspecified atom stereocenters. The molecule has 0 bridgehead atoms. The number of nitrogens with zero attached hydrogens (tertiary/aromatic N) is 1. The van der Waals surface area contributed by atoms with E-state index in [1.807, 2.05) is 13.0 Å². The Balaban J connectivity index is 2.07. The highest BCUT2D eigenvalue weighted by atomic mass is 16.5. The van der Waals surface area contributed by atoms with E-state index in [0.29, 0.717) is 22.7 Å². The minimum atomic E-state index is -0.306. The summed E-state index contributed by atoms with van der Waals surface area (Å²) in [5.41, 5.74) is 2.67. The van der Waals surface area contributed by atoms with Gasteiger partial charge in [-0.25, -0.2) is 0 Å². The molecule has 0 radical (unpaired) electrons. The van der Waals surface area contributed by atoms with Gasteiger partial charge in [-0.3, -0.25) is 9.59 Å². The van der Waals surface area contributed by atoms with Crippen LogP contribution in [0.2, 0.25) is 0 Å². The fraction of sp³-hybridized carbons (Fsp3) is 0.190. The molecule has 0 saturated carbocycles.